The molecule has 141 heavy (non-hydrogen) atoms. The third-order valence-electron chi connectivity index (χ3n) is 43.2. The van der Waals surface area contributed by atoms with Crippen molar-refractivity contribution >= 4 is 0 Å². The summed E-state index contributed by atoms with van der Waals surface area (Å²) in [6, 6.07) is 0. The van der Waals surface area contributed by atoms with Crippen LogP contribution in [0.15, 0.2) is 0 Å². The highest BCUT2D eigenvalue weighted by Gasteiger charge is 2.47. The van der Waals surface area contributed by atoms with Gasteiger partial charge in [0.25, 0.3) is 0 Å². The van der Waals surface area contributed by atoms with Crippen molar-refractivity contribution in [1.29, 1.82) is 0 Å². The van der Waals surface area contributed by atoms with Crippen molar-refractivity contribution in [2.45, 2.75) is 413 Å². The second-order valence-electron chi connectivity index (χ2n) is 52.3. The largest absolute Gasteiger partial charge is 0.358 e. The Hall–Kier alpha value is -0.480. The molecule has 0 atom stereocenters. The van der Waals surface area contributed by atoms with Crippen molar-refractivity contribution in [2.24, 2.45) is 32.5 Å². The molecule has 10 fully saturated rings. The van der Waals surface area contributed by atoms with Crippen molar-refractivity contribution in [3.05, 3.63) is 89.1 Å². The zero-order chi connectivity index (χ0) is 95.7. The predicted octanol–water partition coefficient (Wildman–Crippen LogP) is 31.4. The second kappa shape index (κ2) is 73.8. The van der Waals surface area contributed by atoms with E-state index >= 15 is 0 Å². The number of hydrogen-bond acceptors (Lipinski definition) is 0. The van der Waals surface area contributed by atoms with Gasteiger partial charge >= 0.3 is 0 Å². The molecule has 6 aliphatic carbocycles. The van der Waals surface area contributed by atoms with Crippen LogP contribution >= 0.6 is 0 Å². The fourth-order valence-corrected chi connectivity index (χ4v) is 26.7. The first-order valence-corrected chi connectivity index (χ1v) is 59.0. The fourth-order valence-electron chi connectivity index (χ4n) is 26.7. The summed E-state index contributed by atoms with van der Waals surface area (Å²) in [6.45, 7) is 87.4. The van der Waals surface area contributed by atoms with Gasteiger partial charge in [0.05, 0.1) is 320 Å². The molecule has 10 rings (SSSR count). The van der Waals surface area contributed by atoms with E-state index in [0.717, 1.165) is 5.41 Å². The van der Waals surface area contributed by atoms with Crippen molar-refractivity contribution in [3.63, 3.8) is 0 Å². The van der Waals surface area contributed by atoms with E-state index in [4.69, 9.17) is 0 Å². The van der Waals surface area contributed by atoms with Gasteiger partial charge in [0, 0.05) is 128 Å². The smallest absolute Gasteiger partial charge is 0.0791 e. The van der Waals surface area contributed by atoms with Gasteiger partial charge in [0.1, 0.15) is 0 Å². The molecule has 12 heteroatoms. The van der Waals surface area contributed by atoms with Crippen LogP contribution in [0.2, 0.25) is 0 Å². The average molecular weight is 2010 g/mol. The van der Waals surface area contributed by atoms with Crippen LogP contribution in [0.5, 0.6) is 0 Å². The zero-order valence-corrected chi connectivity index (χ0v) is 107. The summed E-state index contributed by atoms with van der Waals surface area (Å²) < 4.78 is 15.6. The number of rotatable bonds is 52. The summed E-state index contributed by atoms with van der Waals surface area (Å²) in [5.41, 5.74) is 4.11. The molecule has 4 aliphatic heterocycles. The van der Waals surface area contributed by atoms with E-state index in [1.54, 1.807) is 25.7 Å². The highest BCUT2D eigenvalue weighted by Crippen LogP contribution is 2.51. The van der Waals surface area contributed by atoms with Gasteiger partial charge in [-0.1, -0.05) is 96.3 Å². The first-order valence-electron chi connectivity index (χ1n) is 59.0. The minimum Gasteiger partial charge on any atom is -0.358 e. The molecule has 0 bridgehead atoms. The van der Waals surface area contributed by atoms with E-state index in [2.05, 4.69) is 195 Å². The van der Waals surface area contributed by atoms with Crippen LogP contribution in [-0.4, -0.2) is 374 Å². The van der Waals surface area contributed by atoms with Crippen molar-refractivity contribution in [1.82, 2.24) is 0 Å². The molecule has 10 aliphatic rings. The Morgan fingerprint density at radius 1 is 0.149 bits per heavy atom. The lowest BCUT2D eigenvalue weighted by molar-refractivity contribution is -0.918. The SMILES string of the molecule is CC[N+](C)(C)CCC1(CC[N+](C)(C)CC)CCCC1.CC[N+](C)(C)CCC1(CC[N+](C)(C)CC)CCCCC1.CC[N+](C)(CC)CCC1(CC[N+](C)(CC)CC)CCCC1.CC[N+](C)(CC)CCC1(CC[N+](C)(CC)CC)CCCCC1.CC[N+]1(CCC2(CC[N+]3(CC)CCCC3)CCCC2)CCCC1.CC[N+]1(CCC2(CC[N+]3(CC)CCCC3)CCCCC2)CCCC1.[CH3-].[CH3-].[CH3-].[CH3-].[CH3-].[CH3-].[CH3-].[CH3-].[CH3-].[CH3-].[CH3-].[CH3-]. The Bertz CT molecular complexity index is 2680. The summed E-state index contributed by atoms with van der Waals surface area (Å²) in [6.07, 6.45) is 70.0. The van der Waals surface area contributed by atoms with Crippen LogP contribution in [0, 0.1) is 122 Å². The molecule has 0 aromatic heterocycles. The first kappa shape index (κ1) is 156. The van der Waals surface area contributed by atoms with Crippen LogP contribution in [0.1, 0.15) is 413 Å². The molecule has 862 valence electrons. The summed E-state index contributed by atoms with van der Waals surface area (Å²) in [5, 5.41) is 0. The van der Waals surface area contributed by atoms with Crippen molar-refractivity contribution < 1.29 is 53.8 Å². The molecule has 12 nitrogen and oxygen atoms in total. The summed E-state index contributed by atoms with van der Waals surface area (Å²) in [4.78, 5) is 0. The predicted molar refractivity (Wildman–Crippen MR) is 649 cm³/mol. The summed E-state index contributed by atoms with van der Waals surface area (Å²) in [7, 11) is 28.9. The van der Waals surface area contributed by atoms with Gasteiger partial charge in [-0.15, -0.1) is 0 Å². The van der Waals surface area contributed by atoms with E-state index in [9.17, 15) is 0 Å². The molecule has 0 aromatic carbocycles. The molecule has 0 N–H and O–H groups in total. The van der Waals surface area contributed by atoms with E-state index in [-0.39, 0.29) is 89.1 Å². The molecular formula is C129H286N12. The van der Waals surface area contributed by atoms with Crippen molar-refractivity contribution in [2.75, 3.05) is 320 Å². The van der Waals surface area contributed by atoms with Gasteiger partial charge in [-0.25, -0.2) is 0 Å². The maximum atomic E-state index is 2.45. The third kappa shape index (κ3) is 52.3. The summed E-state index contributed by atoms with van der Waals surface area (Å²) >= 11 is 0. The van der Waals surface area contributed by atoms with Crippen LogP contribution in [0.3, 0.4) is 0 Å². The second-order valence-corrected chi connectivity index (χ2v) is 52.3. The number of hydrogen-bond donors (Lipinski definition) is 0. The highest BCUT2D eigenvalue weighted by molar-refractivity contribution is 4.90. The van der Waals surface area contributed by atoms with Gasteiger partial charge in [-0.2, -0.15) is 0 Å². The lowest BCUT2D eigenvalue weighted by Gasteiger charge is -2.44. The quantitative estimate of drug-likeness (QED) is 0.0421. The maximum Gasteiger partial charge on any atom is 0.0791 e. The lowest BCUT2D eigenvalue weighted by Crippen LogP contribution is -2.50. The first-order chi connectivity index (χ1) is 61.0. The monoisotopic (exact) mass is 2000 g/mol. The molecule has 6 saturated carbocycles. The minimum atomic E-state index is 0. The number of likely N-dealkylation sites (tertiary alicyclic amines) is 4. The number of quaternary nitrogens is 12. The van der Waals surface area contributed by atoms with Crippen molar-refractivity contribution in [3.8, 4) is 0 Å². The van der Waals surface area contributed by atoms with E-state index in [1.807, 2.05) is 0 Å². The van der Waals surface area contributed by atoms with Gasteiger partial charge in [0.2, 0.25) is 0 Å². The van der Waals surface area contributed by atoms with Gasteiger partial charge in [0.15, 0.2) is 0 Å². The lowest BCUT2D eigenvalue weighted by atomic mass is 9.69. The molecule has 4 saturated heterocycles. The Balaban J connectivity index is -0.000000247. The van der Waals surface area contributed by atoms with Crippen LogP contribution in [0.25, 0.3) is 0 Å². The topological polar surface area (TPSA) is 0 Å². The Labute approximate surface area is 902 Å². The summed E-state index contributed by atoms with van der Waals surface area (Å²) in [5.74, 6) is 0. The highest BCUT2D eigenvalue weighted by atomic mass is 15.4. The Morgan fingerprint density at radius 2 is 0.270 bits per heavy atom. The maximum absolute atomic E-state index is 2.45. The third-order valence-corrected chi connectivity index (χ3v) is 43.2. The normalized spacial score (nSPS) is 20.9. The van der Waals surface area contributed by atoms with Gasteiger partial charge in [-0.05, 0) is 220 Å². The molecule has 0 aromatic rings. The van der Waals surface area contributed by atoms with Gasteiger partial charge < -0.3 is 143 Å². The van der Waals surface area contributed by atoms with Gasteiger partial charge in [-0.3, -0.25) is 0 Å². The van der Waals surface area contributed by atoms with Crippen LogP contribution < -0.4 is 0 Å². The van der Waals surface area contributed by atoms with E-state index < -0.39 is 0 Å². The molecule has 0 spiro atoms. The minimum absolute atomic E-state index is 0. The molecule has 4 heterocycles. The Kier molecular flexibility index (Phi) is 81.5. The van der Waals surface area contributed by atoms with Crippen LogP contribution in [0.4, 0.5) is 0 Å². The standard InChI is InChI=1S/C22H44N2.C21H42N2.C20H44N2.C19H42N2.C18H40N2.C17H38N2.12CH3/c1-3-23(16-8-9-17-23)20-14-22(12-6-5-7-13-22)15-21-24(4-2)18-10-11-19-24;1-3-22(15-7-8-16-22)19-13-21(11-5-6-12-21)14-20-23(4-2)17-9-10-18-23;1-7-21(5,8-2)18-16-20(14-12-11-13-15-20)17-19-22(6,9-3)10-4;1-7-20(5,8-2)17-15-19(13-11-12-14-19)16-18-21(6,9-3)10-4;1-7-19(3,4)16-14-18(12-10-9-11-13-18)15-17-20(5,6)8-2;1-7-18(3,4)15-13-17(11-9-10-12-17)14-16-19(5,6)8-2;;;;;;;;;;;;/h3-21H2,1-2H3;3-20H2,1-2H3;7-19H2,1-6H3;7-18H2,1-6H3;7-17H2,1-6H3;7-16H2,1-6H3;12*1H3/q6*+2;12*-1. The van der Waals surface area contributed by atoms with Crippen LogP contribution in [-0.2, 0) is 0 Å². The molecule has 0 unspecified atom stereocenters. The number of nitrogens with zero attached hydrogens (tertiary/aromatic N) is 12. The Morgan fingerprint density at radius 3 is 0.390 bits per heavy atom. The molecule has 0 amide bonds. The van der Waals surface area contributed by atoms with E-state index in [1.165, 1.54) is 566 Å². The molecule has 0 radical (unpaired) electrons. The molecular weight excluding hydrogens is 1720 g/mol. The zero-order valence-electron chi connectivity index (χ0n) is 107. The fraction of sp³-hybridized carbons (Fsp3) is 0.907. The average Bonchev–Trinajstić information content (AvgIpc) is 1.71. The van der Waals surface area contributed by atoms with E-state index in [0.29, 0.717) is 27.1 Å².